The fourth-order valence-corrected chi connectivity index (χ4v) is 1.94. The van der Waals surface area contributed by atoms with Crippen molar-refractivity contribution in [1.82, 2.24) is 0 Å². The maximum Gasteiger partial charge on any atom is 0.329 e. The number of rotatable bonds is 5. The molecule has 0 saturated carbocycles. The van der Waals surface area contributed by atoms with Gasteiger partial charge in [0, 0.05) is 6.26 Å². The molecule has 0 aliphatic carbocycles. The lowest BCUT2D eigenvalue weighted by Gasteiger charge is -2.21. The van der Waals surface area contributed by atoms with E-state index in [0.717, 1.165) is 6.26 Å². The Kier molecular flexibility index (Phi) is 4.54. The van der Waals surface area contributed by atoms with Crippen LogP contribution in [-0.2, 0) is 19.4 Å². The van der Waals surface area contributed by atoms with Gasteiger partial charge in [0.2, 0.25) is 0 Å². The number of methoxy groups -OCH3 is 1. The zero-order valence-electron chi connectivity index (χ0n) is 11.0. The third-order valence-corrected chi connectivity index (χ3v) is 3.57. The quantitative estimate of drug-likeness (QED) is 0.786. The second-order valence-electron chi connectivity index (χ2n) is 4.44. The first kappa shape index (κ1) is 15.5. The van der Waals surface area contributed by atoms with Crippen molar-refractivity contribution in [1.29, 1.82) is 0 Å². The Labute approximate surface area is 112 Å². The lowest BCUT2D eigenvalue weighted by atomic mass is 10.1. The van der Waals surface area contributed by atoms with Crippen LogP contribution in [0.5, 0.6) is 5.75 Å². The SMILES string of the molecule is COC(=O)C(C)(N)COc1ccc(S(C)(=O)=O)cc1. The van der Waals surface area contributed by atoms with E-state index in [-0.39, 0.29) is 11.5 Å². The molecule has 0 spiro atoms. The lowest BCUT2D eigenvalue weighted by Crippen LogP contribution is -2.50. The Morgan fingerprint density at radius 2 is 1.84 bits per heavy atom. The van der Waals surface area contributed by atoms with Gasteiger partial charge in [0.25, 0.3) is 0 Å². The molecule has 2 N–H and O–H groups in total. The van der Waals surface area contributed by atoms with Crippen molar-refractivity contribution < 1.29 is 22.7 Å². The molecule has 0 bridgehead atoms. The second-order valence-corrected chi connectivity index (χ2v) is 6.46. The van der Waals surface area contributed by atoms with Crippen LogP contribution >= 0.6 is 0 Å². The molecule has 106 valence electrons. The van der Waals surface area contributed by atoms with Gasteiger partial charge in [-0.25, -0.2) is 13.2 Å². The smallest absolute Gasteiger partial charge is 0.329 e. The standard InChI is InChI=1S/C12H17NO5S/c1-12(13,11(14)17-2)8-18-9-4-6-10(7-5-9)19(3,15)16/h4-7H,8,13H2,1-3H3. The van der Waals surface area contributed by atoms with Gasteiger partial charge in [0.1, 0.15) is 17.9 Å². The van der Waals surface area contributed by atoms with Crippen molar-refractivity contribution in [2.45, 2.75) is 17.4 Å². The maximum atomic E-state index is 11.3. The zero-order chi connectivity index (χ0) is 14.7. The minimum absolute atomic E-state index is 0.0715. The molecule has 0 fully saturated rings. The average Bonchev–Trinajstić information content (AvgIpc) is 2.35. The molecular formula is C12H17NO5S. The van der Waals surface area contributed by atoms with Crippen LogP contribution in [0.15, 0.2) is 29.2 Å². The Hall–Kier alpha value is -1.60. The number of carbonyl (C=O) groups excluding carboxylic acids is 1. The summed E-state index contributed by atoms with van der Waals surface area (Å²) in [7, 11) is -1.99. The van der Waals surface area contributed by atoms with Crippen LogP contribution in [0.25, 0.3) is 0 Å². The van der Waals surface area contributed by atoms with E-state index in [0.29, 0.717) is 5.75 Å². The van der Waals surface area contributed by atoms with Crippen molar-refractivity contribution in [3.8, 4) is 5.75 Å². The Bertz CT molecular complexity index is 548. The van der Waals surface area contributed by atoms with Gasteiger partial charge in [-0.1, -0.05) is 0 Å². The monoisotopic (exact) mass is 287 g/mol. The van der Waals surface area contributed by atoms with Gasteiger partial charge in [-0.05, 0) is 31.2 Å². The van der Waals surface area contributed by atoms with E-state index >= 15 is 0 Å². The Balaban J connectivity index is 2.72. The van der Waals surface area contributed by atoms with E-state index < -0.39 is 21.3 Å². The highest BCUT2D eigenvalue weighted by atomic mass is 32.2. The molecule has 6 nitrogen and oxygen atoms in total. The van der Waals surface area contributed by atoms with Crippen molar-refractivity contribution in [3.05, 3.63) is 24.3 Å². The third kappa shape index (κ3) is 4.22. The van der Waals surface area contributed by atoms with Gasteiger partial charge in [-0.2, -0.15) is 0 Å². The highest BCUT2D eigenvalue weighted by Crippen LogP contribution is 2.17. The van der Waals surface area contributed by atoms with Gasteiger partial charge >= 0.3 is 5.97 Å². The summed E-state index contributed by atoms with van der Waals surface area (Å²) in [4.78, 5) is 11.5. The van der Waals surface area contributed by atoms with Crippen molar-refractivity contribution in [2.24, 2.45) is 5.73 Å². The van der Waals surface area contributed by atoms with Gasteiger partial charge in [0.05, 0.1) is 12.0 Å². The highest BCUT2D eigenvalue weighted by Gasteiger charge is 2.30. The van der Waals surface area contributed by atoms with Crippen LogP contribution in [0.4, 0.5) is 0 Å². The summed E-state index contributed by atoms with van der Waals surface area (Å²) in [6.45, 7) is 1.42. The van der Waals surface area contributed by atoms with E-state index in [1.807, 2.05) is 0 Å². The van der Waals surface area contributed by atoms with E-state index in [2.05, 4.69) is 4.74 Å². The Morgan fingerprint density at radius 3 is 2.26 bits per heavy atom. The summed E-state index contributed by atoms with van der Waals surface area (Å²) in [6, 6.07) is 5.86. The highest BCUT2D eigenvalue weighted by molar-refractivity contribution is 7.90. The first-order valence-electron chi connectivity index (χ1n) is 5.47. The molecule has 1 unspecified atom stereocenters. The number of esters is 1. The molecule has 7 heteroatoms. The number of sulfone groups is 1. The second kappa shape index (κ2) is 5.58. The first-order valence-corrected chi connectivity index (χ1v) is 7.36. The molecule has 0 aromatic heterocycles. The minimum atomic E-state index is -3.23. The summed E-state index contributed by atoms with van der Waals surface area (Å²) in [5, 5.41) is 0. The van der Waals surface area contributed by atoms with Crippen LogP contribution in [0, 0.1) is 0 Å². The van der Waals surface area contributed by atoms with E-state index in [4.69, 9.17) is 10.5 Å². The van der Waals surface area contributed by atoms with Crippen LogP contribution in [0.2, 0.25) is 0 Å². The normalized spacial score (nSPS) is 14.5. The van der Waals surface area contributed by atoms with Crippen LogP contribution in [0.3, 0.4) is 0 Å². The number of hydrogen-bond acceptors (Lipinski definition) is 6. The molecule has 0 amide bonds. The fraction of sp³-hybridized carbons (Fsp3) is 0.417. The summed E-state index contributed by atoms with van der Waals surface area (Å²) < 4.78 is 32.4. The predicted octanol–water partition coefficient (Wildman–Crippen LogP) is 0.359. The molecule has 19 heavy (non-hydrogen) atoms. The van der Waals surface area contributed by atoms with E-state index in [9.17, 15) is 13.2 Å². The molecule has 0 saturated heterocycles. The predicted molar refractivity (Wildman–Crippen MR) is 69.7 cm³/mol. The third-order valence-electron chi connectivity index (χ3n) is 2.44. The number of ether oxygens (including phenoxy) is 2. The number of nitrogens with two attached hydrogens (primary N) is 1. The van der Waals surface area contributed by atoms with Gasteiger partial charge in [-0.15, -0.1) is 0 Å². The largest absolute Gasteiger partial charge is 0.491 e. The van der Waals surface area contributed by atoms with E-state index in [1.54, 1.807) is 0 Å². The number of carbonyl (C=O) groups is 1. The van der Waals surface area contributed by atoms with E-state index in [1.165, 1.54) is 38.3 Å². The van der Waals surface area contributed by atoms with Crippen molar-refractivity contribution in [2.75, 3.05) is 20.0 Å². The maximum absolute atomic E-state index is 11.3. The summed E-state index contributed by atoms with van der Waals surface area (Å²) in [5.74, 6) is -0.159. The summed E-state index contributed by atoms with van der Waals surface area (Å²) in [5.41, 5.74) is 4.46. The van der Waals surface area contributed by atoms with Gasteiger partial charge in [0.15, 0.2) is 9.84 Å². The van der Waals surface area contributed by atoms with Gasteiger partial charge < -0.3 is 15.2 Å². The summed E-state index contributed by atoms with van der Waals surface area (Å²) in [6.07, 6.45) is 1.12. The number of benzene rings is 1. The van der Waals surface area contributed by atoms with Gasteiger partial charge in [-0.3, -0.25) is 0 Å². The fourth-order valence-electron chi connectivity index (χ4n) is 1.31. The Morgan fingerprint density at radius 1 is 1.32 bits per heavy atom. The molecule has 0 aliphatic heterocycles. The first-order chi connectivity index (χ1) is 8.66. The van der Waals surface area contributed by atoms with Crippen molar-refractivity contribution >= 4 is 15.8 Å². The molecule has 0 heterocycles. The van der Waals surface area contributed by atoms with Crippen molar-refractivity contribution in [3.63, 3.8) is 0 Å². The topological polar surface area (TPSA) is 95.7 Å². The molecule has 1 aromatic rings. The molecule has 0 radical (unpaired) electrons. The molecule has 1 aromatic carbocycles. The molecule has 1 rings (SSSR count). The average molecular weight is 287 g/mol. The minimum Gasteiger partial charge on any atom is -0.491 e. The summed E-state index contributed by atoms with van der Waals surface area (Å²) >= 11 is 0. The lowest BCUT2D eigenvalue weighted by molar-refractivity contribution is -0.147. The molecule has 0 aliphatic rings. The van der Waals surface area contributed by atoms with Crippen LogP contribution in [-0.4, -0.2) is 39.9 Å². The molecular weight excluding hydrogens is 270 g/mol. The molecule has 1 atom stereocenters. The number of hydrogen-bond donors (Lipinski definition) is 1. The van der Waals surface area contributed by atoms with Crippen LogP contribution < -0.4 is 10.5 Å². The zero-order valence-corrected chi connectivity index (χ0v) is 11.9. The van der Waals surface area contributed by atoms with Crippen LogP contribution in [0.1, 0.15) is 6.92 Å².